The number of benzene rings is 1. The van der Waals surface area contributed by atoms with Crippen molar-refractivity contribution in [3.05, 3.63) is 54.6 Å². The molecule has 0 aliphatic heterocycles. The molecule has 0 fully saturated rings. The highest BCUT2D eigenvalue weighted by molar-refractivity contribution is 5.74. The van der Waals surface area contributed by atoms with E-state index < -0.39 is 0 Å². The Balaban J connectivity index is 1.44. The zero-order valence-electron chi connectivity index (χ0n) is 12.5. The summed E-state index contributed by atoms with van der Waals surface area (Å²) >= 11 is 0. The van der Waals surface area contributed by atoms with Crippen LogP contribution in [0.3, 0.4) is 0 Å². The third-order valence-corrected chi connectivity index (χ3v) is 3.79. The average Bonchev–Trinajstić information content (AvgIpc) is 3.14. The highest BCUT2D eigenvalue weighted by atomic mass is 15.0. The predicted molar refractivity (Wildman–Crippen MR) is 86.2 cm³/mol. The number of hydrogen-bond donors (Lipinski definition) is 1. The van der Waals surface area contributed by atoms with Gasteiger partial charge in [-0.25, -0.2) is 4.98 Å². The molecule has 2 aromatic heterocycles. The van der Waals surface area contributed by atoms with Gasteiger partial charge in [0.1, 0.15) is 0 Å². The first-order chi connectivity index (χ1) is 10.4. The van der Waals surface area contributed by atoms with Crippen LogP contribution in [0.25, 0.3) is 11.0 Å². The van der Waals surface area contributed by atoms with Gasteiger partial charge in [-0.3, -0.25) is 0 Å². The summed E-state index contributed by atoms with van der Waals surface area (Å²) in [4.78, 5) is 4.42. The number of aryl methyl sites for hydroxylation is 2. The van der Waals surface area contributed by atoms with Crippen LogP contribution < -0.4 is 5.32 Å². The summed E-state index contributed by atoms with van der Waals surface area (Å²) in [6, 6.07) is 10.5. The van der Waals surface area contributed by atoms with E-state index in [0.717, 1.165) is 38.1 Å². The highest BCUT2D eigenvalue weighted by Gasteiger charge is 2.01. The maximum absolute atomic E-state index is 4.42. The van der Waals surface area contributed by atoms with E-state index in [4.69, 9.17) is 0 Å². The summed E-state index contributed by atoms with van der Waals surface area (Å²) in [6.45, 7) is 6.16. The lowest BCUT2D eigenvalue weighted by Crippen LogP contribution is -2.16. The molecular weight excluding hydrogens is 260 g/mol. The van der Waals surface area contributed by atoms with E-state index in [0.29, 0.717) is 0 Å². The topological polar surface area (TPSA) is 34.8 Å². The molecule has 4 nitrogen and oxygen atoms in total. The Morgan fingerprint density at radius 2 is 2.10 bits per heavy atom. The number of nitrogens with zero attached hydrogens (tertiary/aromatic N) is 3. The van der Waals surface area contributed by atoms with E-state index >= 15 is 0 Å². The average molecular weight is 282 g/mol. The second-order valence-corrected chi connectivity index (χ2v) is 5.31. The summed E-state index contributed by atoms with van der Waals surface area (Å²) in [5, 5.41) is 3.50. The SMILES string of the molecule is CCn1ccc(CNCCCn2cnc3ccccc32)c1. The summed E-state index contributed by atoms with van der Waals surface area (Å²) < 4.78 is 4.43. The number of para-hydroxylation sites is 2. The highest BCUT2D eigenvalue weighted by Crippen LogP contribution is 2.11. The van der Waals surface area contributed by atoms with Gasteiger partial charge in [-0.15, -0.1) is 0 Å². The lowest BCUT2D eigenvalue weighted by molar-refractivity contribution is 0.588. The van der Waals surface area contributed by atoms with Crippen LogP contribution in [-0.2, 0) is 19.6 Å². The van der Waals surface area contributed by atoms with Gasteiger partial charge in [0.05, 0.1) is 17.4 Å². The Morgan fingerprint density at radius 3 is 2.95 bits per heavy atom. The van der Waals surface area contributed by atoms with Crippen molar-refractivity contribution in [2.24, 2.45) is 0 Å². The fourth-order valence-corrected chi connectivity index (χ4v) is 2.59. The molecule has 0 unspecified atom stereocenters. The van der Waals surface area contributed by atoms with Gasteiger partial charge in [0.25, 0.3) is 0 Å². The molecule has 110 valence electrons. The van der Waals surface area contributed by atoms with Crippen LogP contribution in [0, 0.1) is 0 Å². The van der Waals surface area contributed by atoms with Crippen molar-refractivity contribution in [3.8, 4) is 0 Å². The molecule has 0 spiro atoms. The standard InChI is InChI=1S/C17H22N4/c1-2-20-11-8-15(13-20)12-18-9-5-10-21-14-19-16-6-3-4-7-17(16)21/h3-4,6-8,11,13-14,18H,2,5,9-10,12H2,1H3. The van der Waals surface area contributed by atoms with Crippen molar-refractivity contribution in [3.63, 3.8) is 0 Å². The van der Waals surface area contributed by atoms with Gasteiger partial charge >= 0.3 is 0 Å². The first-order valence-electron chi connectivity index (χ1n) is 7.62. The number of imidazole rings is 1. The Labute approximate surface area is 125 Å². The van der Waals surface area contributed by atoms with Gasteiger partial charge in [0.2, 0.25) is 0 Å². The lowest BCUT2D eigenvalue weighted by atomic mass is 10.3. The first-order valence-corrected chi connectivity index (χ1v) is 7.62. The maximum atomic E-state index is 4.42. The van der Waals surface area contributed by atoms with Crippen molar-refractivity contribution in [1.29, 1.82) is 0 Å². The molecule has 0 amide bonds. The van der Waals surface area contributed by atoms with E-state index in [2.05, 4.69) is 63.0 Å². The van der Waals surface area contributed by atoms with Crippen molar-refractivity contribution < 1.29 is 0 Å². The molecule has 1 aromatic carbocycles. The third kappa shape index (κ3) is 3.34. The largest absolute Gasteiger partial charge is 0.354 e. The van der Waals surface area contributed by atoms with Crippen LogP contribution in [-0.4, -0.2) is 20.7 Å². The third-order valence-electron chi connectivity index (χ3n) is 3.79. The van der Waals surface area contributed by atoms with Gasteiger partial charge in [-0.2, -0.15) is 0 Å². The Hall–Kier alpha value is -2.07. The molecule has 0 atom stereocenters. The minimum Gasteiger partial charge on any atom is -0.354 e. The Bertz CT molecular complexity index is 695. The fourth-order valence-electron chi connectivity index (χ4n) is 2.59. The van der Waals surface area contributed by atoms with Gasteiger partial charge in [-0.05, 0) is 43.7 Å². The van der Waals surface area contributed by atoms with Crippen LogP contribution in [0.15, 0.2) is 49.1 Å². The summed E-state index contributed by atoms with van der Waals surface area (Å²) in [7, 11) is 0. The second kappa shape index (κ2) is 6.59. The molecule has 0 saturated heterocycles. The van der Waals surface area contributed by atoms with Crippen LogP contribution in [0.2, 0.25) is 0 Å². The Morgan fingerprint density at radius 1 is 1.19 bits per heavy atom. The van der Waals surface area contributed by atoms with Crippen LogP contribution in [0.4, 0.5) is 0 Å². The lowest BCUT2D eigenvalue weighted by Gasteiger charge is -2.05. The fraction of sp³-hybridized carbons (Fsp3) is 0.353. The smallest absolute Gasteiger partial charge is 0.0958 e. The minimum atomic E-state index is 0.942. The zero-order chi connectivity index (χ0) is 14.5. The summed E-state index contributed by atoms with van der Waals surface area (Å²) in [6.07, 6.45) is 7.38. The first kappa shape index (κ1) is 13.9. The van der Waals surface area contributed by atoms with Crippen molar-refractivity contribution in [2.75, 3.05) is 6.54 Å². The quantitative estimate of drug-likeness (QED) is 0.676. The summed E-state index contributed by atoms with van der Waals surface area (Å²) in [5.74, 6) is 0. The normalized spacial score (nSPS) is 11.3. The molecule has 21 heavy (non-hydrogen) atoms. The molecule has 3 aromatic rings. The number of aromatic nitrogens is 3. The van der Waals surface area contributed by atoms with Gasteiger partial charge < -0.3 is 14.5 Å². The molecule has 0 saturated carbocycles. The number of nitrogens with one attached hydrogen (secondary N) is 1. The van der Waals surface area contributed by atoms with E-state index in [1.165, 1.54) is 11.1 Å². The van der Waals surface area contributed by atoms with E-state index in [9.17, 15) is 0 Å². The van der Waals surface area contributed by atoms with E-state index in [1.54, 1.807) is 0 Å². The van der Waals surface area contributed by atoms with E-state index in [-0.39, 0.29) is 0 Å². The van der Waals surface area contributed by atoms with Crippen LogP contribution in [0.5, 0.6) is 0 Å². The molecule has 0 aliphatic carbocycles. The zero-order valence-corrected chi connectivity index (χ0v) is 12.5. The molecule has 2 heterocycles. The predicted octanol–water partition coefficient (Wildman–Crippen LogP) is 3.04. The van der Waals surface area contributed by atoms with Gasteiger partial charge in [0.15, 0.2) is 0 Å². The van der Waals surface area contributed by atoms with Gasteiger partial charge in [-0.1, -0.05) is 12.1 Å². The van der Waals surface area contributed by atoms with Gasteiger partial charge in [0, 0.05) is 32.0 Å². The van der Waals surface area contributed by atoms with Crippen LogP contribution >= 0.6 is 0 Å². The number of rotatable bonds is 7. The molecular formula is C17H22N4. The molecule has 0 bridgehead atoms. The maximum Gasteiger partial charge on any atom is 0.0958 e. The van der Waals surface area contributed by atoms with E-state index in [1.807, 2.05) is 12.4 Å². The van der Waals surface area contributed by atoms with Crippen molar-refractivity contribution in [2.45, 2.75) is 33.0 Å². The number of hydrogen-bond acceptors (Lipinski definition) is 2. The van der Waals surface area contributed by atoms with Crippen LogP contribution in [0.1, 0.15) is 18.9 Å². The minimum absolute atomic E-state index is 0.942. The Kier molecular flexibility index (Phi) is 4.36. The summed E-state index contributed by atoms with van der Waals surface area (Å²) in [5.41, 5.74) is 3.65. The molecule has 1 N–H and O–H groups in total. The monoisotopic (exact) mass is 282 g/mol. The van der Waals surface area contributed by atoms with Crippen molar-refractivity contribution in [1.82, 2.24) is 19.4 Å². The molecule has 0 aliphatic rings. The molecule has 3 rings (SSSR count). The molecule has 4 heteroatoms. The van der Waals surface area contributed by atoms with Crippen molar-refractivity contribution >= 4 is 11.0 Å². The second-order valence-electron chi connectivity index (χ2n) is 5.31. The number of fused-ring (bicyclic) bond motifs is 1. The molecule has 0 radical (unpaired) electrons.